The summed E-state index contributed by atoms with van der Waals surface area (Å²) in [5.74, 6) is -0.181. The Kier molecular flexibility index (Phi) is 3.46. The quantitative estimate of drug-likeness (QED) is 0.695. The van der Waals surface area contributed by atoms with Crippen molar-refractivity contribution in [3.8, 4) is 0 Å². The summed E-state index contributed by atoms with van der Waals surface area (Å²) in [5.41, 5.74) is 5.68. The van der Waals surface area contributed by atoms with Crippen molar-refractivity contribution in [2.45, 2.75) is 13.3 Å². The van der Waals surface area contributed by atoms with Gasteiger partial charge in [-0.25, -0.2) is 0 Å². The molecule has 1 rings (SSSR count). The van der Waals surface area contributed by atoms with Crippen molar-refractivity contribution in [3.05, 3.63) is 29.8 Å². The second-order valence-electron chi connectivity index (χ2n) is 2.80. The van der Waals surface area contributed by atoms with E-state index < -0.39 is 0 Å². The number of esters is 1. The molecule has 0 saturated heterocycles. The van der Waals surface area contributed by atoms with Crippen molar-refractivity contribution >= 4 is 11.7 Å². The first-order valence-electron chi connectivity index (χ1n) is 4.29. The Morgan fingerprint density at radius 3 is 2.54 bits per heavy atom. The second kappa shape index (κ2) is 4.62. The van der Waals surface area contributed by atoms with E-state index in [0.29, 0.717) is 13.0 Å². The van der Waals surface area contributed by atoms with Crippen LogP contribution in [0.25, 0.3) is 0 Å². The molecule has 0 radical (unpaired) electrons. The molecular weight excluding hydrogens is 166 g/mol. The Hall–Kier alpha value is -1.35. The highest BCUT2D eigenvalue weighted by Gasteiger charge is 2.03. The zero-order valence-electron chi connectivity index (χ0n) is 7.75. The van der Waals surface area contributed by atoms with Gasteiger partial charge in [0.1, 0.15) is 5.69 Å². The Balaban J connectivity index is 2.54. The van der Waals surface area contributed by atoms with E-state index in [0.717, 1.165) is 11.3 Å². The minimum atomic E-state index is -0.181. The first-order valence-corrected chi connectivity index (χ1v) is 4.29. The summed E-state index contributed by atoms with van der Waals surface area (Å²) in [4.78, 5) is 11.1. The third-order valence-corrected chi connectivity index (χ3v) is 1.68. The predicted octanol–water partition coefficient (Wildman–Crippen LogP) is 0.666. The lowest BCUT2D eigenvalue weighted by atomic mass is 10.1. The molecule has 0 aliphatic rings. The van der Waals surface area contributed by atoms with Gasteiger partial charge < -0.3 is 10.5 Å². The average Bonchev–Trinajstić information content (AvgIpc) is 2.09. The van der Waals surface area contributed by atoms with Crippen LogP contribution in [0.3, 0.4) is 0 Å². The zero-order chi connectivity index (χ0) is 9.68. The van der Waals surface area contributed by atoms with Crippen LogP contribution in [0.4, 0.5) is 5.69 Å². The molecule has 1 aromatic carbocycles. The van der Waals surface area contributed by atoms with Gasteiger partial charge in [-0.1, -0.05) is 12.1 Å². The van der Waals surface area contributed by atoms with Crippen LogP contribution in [0, 0.1) is 0 Å². The highest BCUT2D eigenvalue weighted by atomic mass is 16.5. The minimum Gasteiger partial charge on any atom is -0.466 e. The Labute approximate surface area is 77.5 Å². The fraction of sp³-hybridized carbons (Fsp3) is 0.300. The molecule has 0 aromatic heterocycles. The molecule has 1 aromatic rings. The normalized spacial score (nSPS) is 9.69. The van der Waals surface area contributed by atoms with Crippen LogP contribution in [0.15, 0.2) is 24.3 Å². The molecule has 70 valence electrons. The Morgan fingerprint density at radius 2 is 2.00 bits per heavy atom. The maximum atomic E-state index is 11.1. The first kappa shape index (κ1) is 9.74. The Bertz CT molecular complexity index is 279. The van der Waals surface area contributed by atoms with Crippen LogP contribution >= 0.6 is 0 Å². The van der Waals surface area contributed by atoms with E-state index in [1.54, 1.807) is 6.92 Å². The second-order valence-corrected chi connectivity index (χ2v) is 2.80. The number of rotatable bonds is 3. The SMILES string of the molecule is CCOC(=O)Cc1ccc([NH3+])cc1. The predicted molar refractivity (Wildman–Crippen MR) is 49.3 cm³/mol. The molecule has 0 amide bonds. The summed E-state index contributed by atoms with van der Waals surface area (Å²) in [7, 11) is 0. The van der Waals surface area contributed by atoms with Crippen molar-refractivity contribution in [3.63, 3.8) is 0 Å². The molecule has 0 aliphatic carbocycles. The molecule has 0 atom stereocenters. The summed E-state index contributed by atoms with van der Waals surface area (Å²) in [6.07, 6.45) is 0.341. The van der Waals surface area contributed by atoms with Crippen LogP contribution in [0.5, 0.6) is 0 Å². The van der Waals surface area contributed by atoms with Crippen LogP contribution < -0.4 is 5.73 Å². The number of hydrogen-bond donors (Lipinski definition) is 1. The maximum absolute atomic E-state index is 11.1. The molecule has 3 nitrogen and oxygen atoms in total. The number of carbonyl (C=O) groups is 1. The molecule has 3 heteroatoms. The molecule has 13 heavy (non-hydrogen) atoms. The molecule has 0 bridgehead atoms. The molecular formula is C10H14NO2+. The molecule has 0 aliphatic heterocycles. The van der Waals surface area contributed by atoms with Gasteiger partial charge in [-0.2, -0.15) is 0 Å². The summed E-state index contributed by atoms with van der Waals surface area (Å²) in [6, 6.07) is 7.54. The smallest absolute Gasteiger partial charge is 0.310 e. The van der Waals surface area contributed by atoms with Gasteiger partial charge in [0.05, 0.1) is 13.0 Å². The minimum absolute atomic E-state index is 0.181. The van der Waals surface area contributed by atoms with Crippen molar-refractivity contribution in [2.24, 2.45) is 0 Å². The molecule has 0 saturated carbocycles. The van der Waals surface area contributed by atoms with E-state index >= 15 is 0 Å². The monoisotopic (exact) mass is 180 g/mol. The molecule has 3 N–H and O–H groups in total. The van der Waals surface area contributed by atoms with Gasteiger partial charge in [0, 0.05) is 0 Å². The number of hydrogen-bond acceptors (Lipinski definition) is 2. The number of quaternary nitrogens is 1. The van der Waals surface area contributed by atoms with E-state index in [-0.39, 0.29) is 5.97 Å². The van der Waals surface area contributed by atoms with E-state index in [1.807, 2.05) is 24.3 Å². The van der Waals surface area contributed by atoms with Gasteiger partial charge in [-0.05, 0) is 24.6 Å². The van der Waals surface area contributed by atoms with E-state index in [9.17, 15) is 4.79 Å². The van der Waals surface area contributed by atoms with E-state index in [1.165, 1.54) is 0 Å². The van der Waals surface area contributed by atoms with Crippen molar-refractivity contribution in [1.29, 1.82) is 0 Å². The lowest BCUT2D eigenvalue weighted by molar-refractivity contribution is -0.254. The topological polar surface area (TPSA) is 53.9 Å². The highest BCUT2D eigenvalue weighted by Crippen LogP contribution is 2.05. The zero-order valence-corrected chi connectivity index (χ0v) is 7.75. The van der Waals surface area contributed by atoms with Gasteiger partial charge >= 0.3 is 5.97 Å². The van der Waals surface area contributed by atoms with Gasteiger partial charge in [-0.15, -0.1) is 0 Å². The van der Waals surface area contributed by atoms with Crippen LogP contribution in [-0.4, -0.2) is 12.6 Å². The third-order valence-electron chi connectivity index (χ3n) is 1.68. The summed E-state index contributed by atoms with van der Waals surface area (Å²) < 4.78 is 4.82. The molecule has 0 unspecified atom stereocenters. The van der Waals surface area contributed by atoms with Crippen molar-refractivity contribution in [1.82, 2.24) is 0 Å². The molecule has 0 heterocycles. The van der Waals surface area contributed by atoms with Gasteiger partial charge in [0.25, 0.3) is 0 Å². The number of benzene rings is 1. The number of carbonyl (C=O) groups excluding carboxylic acids is 1. The fourth-order valence-corrected chi connectivity index (χ4v) is 1.04. The lowest BCUT2D eigenvalue weighted by Crippen LogP contribution is -2.39. The maximum Gasteiger partial charge on any atom is 0.310 e. The third kappa shape index (κ3) is 3.25. The first-order chi connectivity index (χ1) is 6.22. The summed E-state index contributed by atoms with van der Waals surface area (Å²) in [5, 5.41) is 0. The summed E-state index contributed by atoms with van der Waals surface area (Å²) in [6.45, 7) is 2.24. The highest BCUT2D eigenvalue weighted by molar-refractivity contribution is 5.72. The fourth-order valence-electron chi connectivity index (χ4n) is 1.04. The van der Waals surface area contributed by atoms with Crippen LogP contribution in [-0.2, 0) is 16.0 Å². The van der Waals surface area contributed by atoms with Gasteiger partial charge in [0.2, 0.25) is 0 Å². The van der Waals surface area contributed by atoms with Crippen LogP contribution in [0.2, 0.25) is 0 Å². The Morgan fingerprint density at radius 1 is 1.38 bits per heavy atom. The number of ether oxygens (including phenoxy) is 1. The standard InChI is InChI=1S/C10H13NO2/c1-2-13-10(12)7-8-3-5-9(11)6-4-8/h3-6H,2,7,11H2,1H3/p+1. The average molecular weight is 180 g/mol. The van der Waals surface area contributed by atoms with Gasteiger partial charge in [0.15, 0.2) is 0 Å². The lowest BCUT2D eigenvalue weighted by Gasteiger charge is -2.00. The van der Waals surface area contributed by atoms with Crippen molar-refractivity contribution < 1.29 is 15.3 Å². The summed E-state index contributed by atoms with van der Waals surface area (Å²) >= 11 is 0. The van der Waals surface area contributed by atoms with E-state index in [2.05, 4.69) is 5.73 Å². The largest absolute Gasteiger partial charge is 0.466 e. The van der Waals surface area contributed by atoms with E-state index in [4.69, 9.17) is 4.74 Å². The molecule has 0 fully saturated rings. The molecule has 0 spiro atoms. The van der Waals surface area contributed by atoms with Crippen LogP contribution in [0.1, 0.15) is 12.5 Å². The van der Waals surface area contributed by atoms with Gasteiger partial charge in [-0.3, -0.25) is 4.79 Å². The van der Waals surface area contributed by atoms with Crippen molar-refractivity contribution in [2.75, 3.05) is 6.61 Å².